The smallest absolute Gasteiger partial charge is 0.423 e. The summed E-state index contributed by atoms with van der Waals surface area (Å²) < 4.78 is 1.17. The highest BCUT2D eigenvalue weighted by molar-refractivity contribution is 9.10. The normalized spacial score (nSPS) is 23.2. The summed E-state index contributed by atoms with van der Waals surface area (Å²) in [7, 11) is -1.46. The van der Waals surface area contributed by atoms with Crippen molar-refractivity contribution in [2.45, 2.75) is 98.7 Å². The second-order valence-electron chi connectivity index (χ2n) is 29.5. The Morgan fingerprint density at radius 1 is 0.320 bits per heavy atom. The predicted molar refractivity (Wildman–Crippen MR) is 404 cm³/mol. The molecule has 12 aromatic rings. The third-order valence-corrected chi connectivity index (χ3v) is 23.5. The summed E-state index contributed by atoms with van der Waals surface area (Å²) in [5.41, 5.74) is 21.5. The van der Waals surface area contributed by atoms with Crippen LogP contribution in [0.15, 0.2) is 284 Å². The molecule has 8 saturated carbocycles. The van der Waals surface area contributed by atoms with Gasteiger partial charge in [0, 0.05) is 37.9 Å². The molecule has 100 heavy (non-hydrogen) atoms. The largest absolute Gasteiger partial charge is 0.488 e. The summed E-state index contributed by atoms with van der Waals surface area (Å²) in [6.45, 7) is 0. The van der Waals surface area contributed by atoms with Crippen LogP contribution < -0.4 is 5.46 Å². The van der Waals surface area contributed by atoms with Crippen LogP contribution in [0.25, 0.3) is 78.9 Å². The first-order chi connectivity index (χ1) is 48.9. The zero-order valence-corrected chi connectivity index (χ0v) is 57.5. The number of nitriles is 2. The zero-order valence-electron chi connectivity index (χ0n) is 55.9. The summed E-state index contributed by atoms with van der Waals surface area (Å²) in [6.07, 6.45) is 15.9. The Morgan fingerprint density at radius 3 is 0.880 bits per heavy atom. The molecule has 8 bridgehead atoms. The Hall–Kier alpha value is -10.2. The minimum atomic E-state index is -1.46. The minimum Gasteiger partial charge on any atom is -0.423 e. The SMILES string of the molecule is Brc1ccc(C23CC4CC(C2)CC(c2ccc(-c5cc(-c6ccccc6)nc(-c6ccccc6)n5)cc2)(C4)C3)cc1.N#Cc1ccc(-c2ccc(C34CC5CC(C3)CC(c3ccc(-c6cc(-c7ccccc7)nc(-c7ccccc7)n6)cc3)(C5)C4)cc2)cc1.N#Cc1ccc(B(O)O)cc1. The number of aromatic nitrogens is 4. The Balaban J connectivity index is 0.000000136. The minimum absolute atomic E-state index is 0.227. The van der Waals surface area contributed by atoms with Gasteiger partial charge in [-0.05, 0) is 210 Å². The fourth-order valence-electron chi connectivity index (χ4n) is 19.3. The van der Waals surface area contributed by atoms with Crippen LogP contribution in [0.5, 0.6) is 0 Å². The maximum absolute atomic E-state index is 9.20. The molecule has 0 spiro atoms. The zero-order chi connectivity index (χ0) is 67.8. The molecule has 4 unspecified atom stereocenters. The molecule has 10 aromatic carbocycles. The predicted octanol–water partition coefficient (Wildman–Crippen LogP) is 20.1. The van der Waals surface area contributed by atoms with E-state index in [1.807, 2.05) is 54.6 Å². The summed E-state index contributed by atoms with van der Waals surface area (Å²) in [6, 6.07) is 101. The Morgan fingerprint density at radius 2 is 0.580 bits per heavy atom. The molecular weight excluding hydrogens is 1290 g/mol. The van der Waals surface area contributed by atoms with E-state index in [4.69, 9.17) is 35.2 Å². The maximum atomic E-state index is 9.20. The molecule has 8 aliphatic rings. The first kappa shape index (κ1) is 64.5. The van der Waals surface area contributed by atoms with Crippen LogP contribution in [0.1, 0.15) is 110 Å². The first-order valence-electron chi connectivity index (χ1n) is 35.3. The van der Waals surface area contributed by atoms with Crippen LogP contribution in [0, 0.1) is 46.3 Å². The van der Waals surface area contributed by atoms with Crippen LogP contribution in [0.4, 0.5) is 0 Å². The lowest BCUT2D eigenvalue weighted by Gasteiger charge is -2.63. The summed E-state index contributed by atoms with van der Waals surface area (Å²) in [5, 5.41) is 34.9. The quantitative estimate of drug-likeness (QED) is 0.115. The van der Waals surface area contributed by atoms with Crippen molar-refractivity contribution in [3.63, 3.8) is 0 Å². The average molecular weight is 1360 g/mol. The van der Waals surface area contributed by atoms with Gasteiger partial charge in [-0.2, -0.15) is 10.5 Å². The van der Waals surface area contributed by atoms with Gasteiger partial charge in [-0.25, -0.2) is 19.9 Å². The summed E-state index contributed by atoms with van der Waals surface area (Å²) in [4.78, 5) is 20.1. The lowest BCUT2D eigenvalue weighted by atomic mass is 9.41. The van der Waals surface area contributed by atoms with Gasteiger partial charge in [-0.1, -0.05) is 246 Å². The van der Waals surface area contributed by atoms with E-state index in [0.717, 1.165) is 97.0 Å². The topological polar surface area (TPSA) is 140 Å². The average Bonchev–Trinajstić information content (AvgIpc) is 0.712. The van der Waals surface area contributed by atoms with Crippen LogP contribution >= 0.6 is 15.9 Å². The van der Waals surface area contributed by atoms with Gasteiger partial charge in [0.25, 0.3) is 0 Å². The lowest BCUT2D eigenvalue weighted by molar-refractivity contribution is -0.0282. The summed E-state index contributed by atoms with van der Waals surface area (Å²) >= 11 is 3.65. The molecule has 0 saturated heterocycles. The monoisotopic (exact) mass is 1360 g/mol. The van der Waals surface area contributed by atoms with Gasteiger partial charge in [0.1, 0.15) is 0 Å². The van der Waals surface area contributed by atoms with Crippen molar-refractivity contribution >= 4 is 28.5 Å². The molecule has 8 nitrogen and oxygen atoms in total. The Bertz CT molecular complexity index is 4830. The van der Waals surface area contributed by atoms with E-state index in [0.29, 0.717) is 22.0 Å². The van der Waals surface area contributed by atoms with Crippen LogP contribution in [0.2, 0.25) is 0 Å². The molecule has 2 N–H and O–H groups in total. The molecule has 2 heterocycles. The number of rotatable bonds is 12. The van der Waals surface area contributed by atoms with Crippen LogP contribution in [-0.4, -0.2) is 37.1 Å². The van der Waals surface area contributed by atoms with E-state index in [9.17, 15) is 5.26 Å². The fraction of sp³-hybridized carbons (Fsp3) is 0.222. The van der Waals surface area contributed by atoms with Gasteiger partial charge in [-0.15, -0.1) is 0 Å². The number of hydrogen-bond donors (Lipinski definition) is 2. The van der Waals surface area contributed by atoms with E-state index in [1.165, 1.54) is 128 Å². The van der Waals surface area contributed by atoms with Crippen molar-refractivity contribution in [2.24, 2.45) is 23.7 Å². The summed E-state index contributed by atoms with van der Waals surface area (Å²) in [5.74, 6) is 4.76. The molecule has 20 rings (SSSR count). The number of benzene rings is 10. The van der Waals surface area contributed by atoms with Crippen molar-refractivity contribution < 1.29 is 10.0 Å². The molecule has 10 heteroatoms. The third-order valence-electron chi connectivity index (χ3n) is 23.0. The van der Waals surface area contributed by atoms with Crippen molar-refractivity contribution in [3.8, 4) is 91.1 Å². The van der Waals surface area contributed by atoms with Gasteiger partial charge in [0.15, 0.2) is 11.6 Å². The highest BCUT2D eigenvalue weighted by Crippen LogP contribution is 2.68. The van der Waals surface area contributed by atoms with Crippen molar-refractivity contribution in [1.82, 2.24) is 19.9 Å². The molecular formula is C90H76BBrN6O2. The van der Waals surface area contributed by atoms with E-state index >= 15 is 0 Å². The molecule has 4 atom stereocenters. The number of hydrogen-bond acceptors (Lipinski definition) is 8. The number of nitrogens with zero attached hydrogens (tertiary/aromatic N) is 6. The second kappa shape index (κ2) is 27.1. The van der Waals surface area contributed by atoms with Gasteiger partial charge < -0.3 is 10.0 Å². The van der Waals surface area contributed by atoms with Crippen LogP contribution in [0.3, 0.4) is 0 Å². The van der Waals surface area contributed by atoms with Crippen LogP contribution in [-0.2, 0) is 21.7 Å². The third kappa shape index (κ3) is 13.0. The van der Waals surface area contributed by atoms with E-state index in [1.54, 1.807) is 5.56 Å². The second-order valence-corrected chi connectivity index (χ2v) is 30.4. The van der Waals surface area contributed by atoms with Crippen molar-refractivity contribution in [2.75, 3.05) is 0 Å². The number of halogens is 1. The van der Waals surface area contributed by atoms with Gasteiger partial charge >= 0.3 is 7.12 Å². The van der Waals surface area contributed by atoms with Crippen molar-refractivity contribution in [1.29, 1.82) is 10.5 Å². The Labute approximate surface area is 595 Å². The molecule has 0 amide bonds. The highest BCUT2D eigenvalue weighted by atomic mass is 79.9. The standard InChI is InChI=1S/C45H37N3.C38H33BrN2.C7H6BNO2/c46-29-31-11-13-34(14-12-31)35-15-19-39(20-16-35)44-25-32-23-33(26-44)28-45(27-32,30-44)40-21-17-37(18-22-40)42-24-41(36-7-3-1-4-8-36)47-43(48-42)38-9-5-2-6-10-38;39-33-17-15-32(16-18-33)38-23-26-19-27(24-38)22-37(21-26,25-38)31-13-11-29(12-14-31)35-20-34(28-7-3-1-4-8-28)40-36(41-35)30-9-5-2-6-10-30;9-5-6-1-3-7(4-2-6)8(10)11/h1-22,24,32-33H,23,25-28,30H2;1-18,20,26-27H,19,21-25H2;1-4,10-11H. The molecule has 0 radical (unpaired) electrons. The van der Waals surface area contributed by atoms with Gasteiger partial charge in [0.05, 0.1) is 46.0 Å². The van der Waals surface area contributed by atoms with Gasteiger partial charge in [0.2, 0.25) is 0 Å². The maximum Gasteiger partial charge on any atom is 0.488 e. The van der Waals surface area contributed by atoms with Gasteiger partial charge in [-0.3, -0.25) is 0 Å². The highest BCUT2D eigenvalue weighted by Gasteiger charge is 2.60. The van der Waals surface area contributed by atoms with Crippen molar-refractivity contribution in [3.05, 3.63) is 317 Å². The Kier molecular flexibility index (Phi) is 17.5. The molecule has 0 aliphatic heterocycles. The van der Waals surface area contributed by atoms with E-state index in [-0.39, 0.29) is 16.2 Å². The van der Waals surface area contributed by atoms with E-state index in [2.05, 4.69) is 228 Å². The molecule has 8 aliphatic carbocycles. The molecule has 2 aromatic heterocycles. The lowest BCUT2D eigenvalue weighted by Crippen LogP contribution is -2.55. The fourth-order valence-corrected chi connectivity index (χ4v) is 19.6. The molecule has 488 valence electrons. The van der Waals surface area contributed by atoms with E-state index < -0.39 is 7.12 Å². The first-order valence-corrected chi connectivity index (χ1v) is 36.1. The molecule has 8 fully saturated rings.